The molecule has 0 bridgehead atoms. The Morgan fingerprint density at radius 2 is 2.11 bits per heavy atom. The van der Waals surface area contributed by atoms with Crippen LogP contribution >= 0.6 is 0 Å². The van der Waals surface area contributed by atoms with Crippen LogP contribution in [0.5, 0.6) is 0 Å². The third-order valence-corrected chi connectivity index (χ3v) is 4.10. The quantitative estimate of drug-likeness (QED) is 0.881. The average Bonchev–Trinajstić information content (AvgIpc) is 3.21. The summed E-state index contributed by atoms with van der Waals surface area (Å²) in [6.07, 6.45) is 4.15. The number of nitrogens with zero attached hydrogens (tertiary/aromatic N) is 2. The van der Waals surface area contributed by atoms with Crippen LogP contribution in [0.1, 0.15) is 36.7 Å². The molecule has 3 rings (SSSR count). The SMILES string of the molecule is Cc1cccc([C@H](CC2CC2)N2CCNCC2)n1. The zero-order valence-electron chi connectivity index (χ0n) is 11.2. The Balaban J connectivity index is 1.78. The Morgan fingerprint density at radius 1 is 1.33 bits per heavy atom. The van der Waals surface area contributed by atoms with Crippen molar-refractivity contribution in [1.29, 1.82) is 0 Å². The van der Waals surface area contributed by atoms with Crippen LogP contribution in [0, 0.1) is 12.8 Å². The van der Waals surface area contributed by atoms with Crippen LogP contribution in [0.2, 0.25) is 0 Å². The molecule has 1 saturated heterocycles. The molecule has 1 aliphatic heterocycles. The zero-order valence-corrected chi connectivity index (χ0v) is 11.2. The Morgan fingerprint density at radius 3 is 2.78 bits per heavy atom. The van der Waals surface area contributed by atoms with Crippen molar-refractivity contribution in [2.75, 3.05) is 26.2 Å². The van der Waals surface area contributed by atoms with Crippen molar-refractivity contribution in [3.05, 3.63) is 29.6 Å². The molecule has 0 spiro atoms. The van der Waals surface area contributed by atoms with Crippen molar-refractivity contribution >= 4 is 0 Å². The Bertz CT molecular complexity index is 394. The molecule has 3 nitrogen and oxygen atoms in total. The largest absolute Gasteiger partial charge is 0.314 e. The molecule has 2 fully saturated rings. The van der Waals surface area contributed by atoms with E-state index in [1.165, 1.54) is 25.0 Å². The van der Waals surface area contributed by atoms with Gasteiger partial charge in [-0.2, -0.15) is 0 Å². The number of hydrogen-bond acceptors (Lipinski definition) is 3. The molecule has 1 atom stereocenters. The van der Waals surface area contributed by atoms with Gasteiger partial charge in [-0.05, 0) is 31.4 Å². The molecule has 18 heavy (non-hydrogen) atoms. The molecule has 0 aromatic carbocycles. The molecule has 1 aromatic heterocycles. The number of rotatable bonds is 4. The fraction of sp³-hybridized carbons (Fsp3) is 0.667. The molecule has 1 aromatic rings. The number of pyridine rings is 1. The van der Waals surface area contributed by atoms with Gasteiger partial charge in [0.1, 0.15) is 0 Å². The second kappa shape index (κ2) is 5.37. The maximum absolute atomic E-state index is 4.77. The van der Waals surface area contributed by atoms with Crippen LogP contribution in [0.3, 0.4) is 0 Å². The van der Waals surface area contributed by atoms with Crippen LogP contribution in [0.15, 0.2) is 18.2 Å². The predicted octanol–water partition coefficient (Wildman–Crippen LogP) is 2.14. The summed E-state index contributed by atoms with van der Waals surface area (Å²) in [6, 6.07) is 7.00. The Kier molecular flexibility index (Phi) is 3.62. The van der Waals surface area contributed by atoms with Crippen molar-refractivity contribution in [2.45, 2.75) is 32.2 Å². The topological polar surface area (TPSA) is 28.2 Å². The van der Waals surface area contributed by atoms with E-state index < -0.39 is 0 Å². The number of aromatic nitrogens is 1. The molecule has 3 heteroatoms. The van der Waals surface area contributed by atoms with E-state index in [0.29, 0.717) is 6.04 Å². The first kappa shape index (κ1) is 12.1. The van der Waals surface area contributed by atoms with Gasteiger partial charge in [0.05, 0.1) is 11.7 Å². The summed E-state index contributed by atoms with van der Waals surface area (Å²) in [5.74, 6) is 0.951. The molecule has 0 radical (unpaired) electrons. The molecule has 2 heterocycles. The fourth-order valence-corrected chi connectivity index (χ4v) is 2.87. The van der Waals surface area contributed by atoms with Gasteiger partial charge >= 0.3 is 0 Å². The van der Waals surface area contributed by atoms with Crippen LogP contribution in [-0.4, -0.2) is 36.1 Å². The lowest BCUT2D eigenvalue weighted by Crippen LogP contribution is -2.45. The number of aryl methyl sites for hydroxylation is 1. The minimum atomic E-state index is 0.541. The van der Waals surface area contributed by atoms with Crippen molar-refractivity contribution in [3.8, 4) is 0 Å². The van der Waals surface area contributed by atoms with Gasteiger partial charge in [0.15, 0.2) is 0 Å². The third-order valence-electron chi connectivity index (χ3n) is 4.10. The molecular weight excluding hydrogens is 222 g/mol. The van der Waals surface area contributed by atoms with E-state index in [9.17, 15) is 0 Å². The monoisotopic (exact) mass is 245 g/mol. The summed E-state index contributed by atoms with van der Waals surface area (Å²) in [5.41, 5.74) is 2.42. The maximum Gasteiger partial charge on any atom is 0.0578 e. The van der Waals surface area contributed by atoms with Gasteiger partial charge in [0.25, 0.3) is 0 Å². The smallest absolute Gasteiger partial charge is 0.0578 e. The van der Waals surface area contributed by atoms with Gasteiger partial charge in [0, 0.05) is 31.9 Å². The number of nitrogens with one attached hydrogen (secondary N) is 1. The van der Waals surface area contributed by atoms with Crippen molar-refractivity contribution in [2.24, 2.45) is 5.92 Å². The summed E-state index contributed by atoms with van der Waals surface area (Å²) in [5, 5.41) is 3.44. The van der Waals surface area contributed by atoms with Gasteiger partial charge < -0.3 is 5.32 Å². The molecule has 0 unspecified atom stereocenters. The van der Waals surface area contributed by atoms with Crippen molar-refractivity contribution in [3.63, 3.8) is 0 Å². The Labute approximate surface area is 110 Å². The predicted molar refractivity (Wildman–Crippen MR) is 73.5 cm³/mol. The van der Waals surface area contributed by atoms with Crippen LogP contribution in [0.4, 0.5) is 0 Å². The molecule has 1 saturated carbocycles. The first-order chi connectivity index (χ1) is 8.83. The highest BCUT2D eigenvalue weighted by atomic mass is 15.2. The second-order valence-electron chi connectivity index (χ2n) is 5.68. The van der Waals surface area contributed by atoms with Gasteiger partial charge in [-0.1, -0.05) is 18.9 Å². The summed E-state index contributed by atoms with van der Waals surface area (Å²) < 4.78 is 0. The third kappa shape index (κ3) is 2.90. The van der Waals surface area contributed by atoms with Crippen LogP contribution in [-0.2, 0) is 0 Å². The second-order valence-corrected chi connectivity index (χ2v) is 5.68. The van der Waals surface area contributed by atoms with Crippen molar-refractivity contribution in [1.82, 2.24) is 15.2 Å². The average molecular weight is 245 g/mol. The summed E-state index contributed by atoms with van der Waals surface area (Å²) >= 11 is 0. The van der Waals surface area contributed by atoms with Gasteiger partial charge in [-0.15, -0.1) is 0 Å². The fourth-order valence-electron chi connectivity index (χ4n) is 2.87. The molecular formula is C15H23N3. The summed E-state index contributed by atoms with van der Waals surface area (Å²) in [7, 11) is 0. The van der Waals surface area contributed by atoms with E-state index in [1.54, 1.807) is 0 Å². The highest BCUT2D eigenvalue weighted by molar-refractivity contribution is 5.14. The number of piperazine rings is 1. The molecule has 98 valence electrons. The molecule has 2 aliphatic rings. The standard InChI is InChI=1S/C15H23N3/c1-12-3-2-4-14(17-12)15(11-13-5-6-13)18-9-7-16-8-10-18/h2-4,13,15-16H,5-11H2,1H3/t15-/m0/s1. The van der Waals surface area contributed by atoms with E-state index in [-0.39, 0.29) is 0 Å². The summed E-state index contributed by atoms with van der Waals surface area (Å²) in [6.45, 7) is 6.65. The maximum atomic E-state index is 4.77. The molecule has 1 aliphatic carbocycles. The lowest BCUT2D eigenvalue weighted by atomic mass is 10.0. The van der Waals surface area contributed by atoms with Crippen LogP contribution in [0.25, 0.3) is 0 Å². The zero-order chi connectivity index (χ0) is 12.4. The van der Waals surface area contributed by atoms with E-state index in [0.717, 1.165) is 37.8 Å². The number of hydrogen-bond donors (Lipinski definition) is 1. The van der Waals surface area contributed by atoms with Crippen LogP contribution < -0.4 is 5.32 Å². The lowest BCUT2D eigenvalue weighted by Gasteiger charge is -2.34. The van der Waals surface area contributed by atoms with E-state index in [2.05, 4.69) is 35.3 Å². The minimum Gasteiger partial charge on any atom is -0.314 e. The highest BCUT2D eigenvalue weighted by Crippen LogP contribution is 2.39. The van der Waals surface area contributed by atoms with E-state index >= 15 is 0 Å². The Hall–Kier alpha value is -0.930. The van der Waals surface area contributed by atoms with E-state index in [4.69, 9.17) is 4.98 Å². The molecule has 1 N–H and O–H groups in total. The normalized spacial score (nSPS) is 22.9. The van der Waals surface area contributed by atoms with Crippen molar-refractivity contribution < 1.29 is 0 Å². The van der Waals surface area contributed by atoms with Gasteiger partial charge in [-0.25, -0.2) is 0 Å². The first-order valence-electron chi connectivity index (χ1n) is 7.21. The van der Waals surface area contributed by atoms with E-state index in [1.807, 2.05) is 0 Å². The summed E-state index contributed by atoms with van der Waals surface area (Å²) in [4.78, 5) is 7.39. The molecule has 0 amide bonds. The van der Waals surface area contributed by atoms with Gasteiger partial charge in [-0.3, -0.25) is 9.88 Å². The first-order valence-corrected chi connectivity index (χ1v) is 7.21. The highest BCUT2D eigenvalue weighted by Gasteiger charge is 2.31. The lowest BCUT2D eigenvalue weighted by molar-refractivity contribution is 0.157. The van der Waals surface area contributed by atoms with Gasteiger partial charge in [0.2, 0.25) is 0 Å². The minimum absolute atomic E-state index is 0.541.